The zero-order chi connectivity index (χ0) is 17.7. The summed E-state index contributed by atoms with van der Waals surface area (Å²) in [7, 11) is 0. The number of carboxylic acids is 3. The van der Waals surface area contributed by atoms with Gasteiger partial charge in [-0.1, -0.05) is 13.2 Å². The summed E-state index contributed by atoms with van der Waals surface area (Å²) in [5, 5.41) is 24.5. The van der Waals surface area contributed by atoms with E-state index in [0.717, 1.165) is 12.2 Å². The third kappa shape index (κ3) is 15.2. The van der Waals surface area contributed by atoms with Gasteiger partial charge in [0.15, 0.2) is 0 Å². The molecule has 0 heterocycles. The number of rotatable bonds is 8. The van der Waals surface area contributed by atoms with Crippen LogP contribution in [0.15, 0.2) is 36.5 Å². The van der Waals surface area contributed by atoms with Crippen molar-refractivity contribution in [3.05, 3.63) is 36.5 Å². The summed E-state index contributed by atoms with van der Waals surface area (Å²) < 4.78 is 4.60. The van der Waals surface area contributed by atoms with Gasteiger partial charge in [-0.15, -0.1) is 0 Å². The van der Waals surface area contributed by atoms with Crippen molar-refractivity contribution in [3.63, 3.8) is 0 Å². The Bertz CT molecular complexity index is 475. The van der Waals surface area contributed by atoms with E-state index in [1.165, 1.54) is 6.92 Å². The topological polar surface area (TPSA) is 138 Å². The van der Waals surface area contributed by atoms with Crippen LogP contribution >= 0.6 is 0 Å². The molecule has 0 aromatic heterocycles. The maximum atomic E-state index is 11.1. The quantitative estimate of drug-likeness (QED) is 0.449. The minimum Gasteiger partial charge on any atom is -0.481 e. The molecule has 0 aromatic carbocycles. The lowest BCUT2D eigenvalue weighted by Crippen LogP contribution is -2.09. The van der Waals surface area contributed by atoms with E-state index in [1.807, 2.05) is 0 Å². The highest BCUT2D eigenvalue weighted by molar-refractivity contribution is 5.88. The molecule has 0 atom stereocenters. The first-order valence-electron chi connectivity index (χ1n) is 5.92. The van der Waals surface area contributed by atoms with E-state index in [9.17, 15) is 19.2 Å². The van der Waals surface area contributed by atoms with Crippen LogP contribution in [0.3, 0.4) is 0 Å². The molecule has 3 N–H and O–H groups in total. The summed E-state index contributed by atoms with van der Waals surface area (Å²) in [6, 6.07) is 0. The summed E-state index contributed by atoms with van der Waals surface area (Å²) in [5.74, 6) is -3.83. The number of aliphatic carboxylic acids is 3. The van der Waals surface area contributed by atoms with Gasteiger partial charge in [-0.2, -0.15) is 0 Å². The van der Waals surface area contributed by atoms with Gasteiger partial charge in [0.25, 0.3) is 0 Å². The lowest BCUT2D eigenvalue weighted by Gasteiger charge is -2.03. The Morgan fingerprint density at radius 2 is 1.55 bits per heavy atom. The Morgan fingerprint density at radius 1 is 1.05 bits per heavy atom. The minimum absolute atomic E-state index is 0.0107. The summed E-state index contributed by atoms with van der Waals surface area (Å²) >= 11 is 0. The van der Waals surface area contributed by atoms with Gasteiger partial charge in [-0.25, -0.2) is 14.4 Å². The van der Waals surface area contributed by atoms with Crippen molar-refractivity contribution in [2.45, 2.75) is 19.8 Å². The predicted molar refractivity (Wildman–Crippen MR) is 76.2 cm³/mol. The molecular weight excluding hydrogens is 296 g/mol. The average Bonchev–Trinajstić information content (AvgIpc) is 2.40. The number of esters is 1. The maximum absolute atomic E-state index is 11.1. The van der Waals surface area contributed by atoms with Gasteiger partial charge in [0.2, 0.25) is 0 Å². The number of carbonyl (C=O) groups excluding carboxylic acids is 1. The fourth-order valence-corrected chi connectivity index (χ4v) is 0.735. The zero-order valence-corrected chi connectivity index (χ0v) is 12.1. The number of hydrogen-bond acceptors (Lipinski definition) is 5. The molecule has 8 heteroatoms. The van der Waals surface area contributed by atoms with Crippen molar-refractivity contribution >= 4 is 23.9 Å². The van der Waals surface area contributed by atoms with E-state index in [2.05, 4.69) is 17.9 Å². The molecular formula is C14H18O8. The summed E-state index contributed by atoms with van der Waals surface area (Å²) in [6.07, 6.45) is 1.81. The van der Waals surface area contributed by atoms with Crippen LogP contribution in [0.4, 0.5) is 0 Å². The summed E-state index contributed by atoms with van der Waals surface area (Å²) in [6.45, 7) is 7.78. The van der Waals surface area contributed by atoms with E-state index < -0.39 is 23.9 Å². The monoisotopic (exact) mass is 314 g/mol. The molecule has 22 heavy (non-hydrogen) atoms. The SMILES string of the molecule is C=C(C)C(=O)O.C=C(CCC(=O)O)C(=O)OCC=CC(=O)O. The van der Waals surface area contributed by atoms with Crippen molar-refractivity contribution < 1.29 is 39.2 Å². The summed E-state index contributed by atoms with van der Waals surface area (Å²) in [4.78, 5) is 40.9. The second-order valence-corrected chi connectivity index (χ2v) is 3.92. The van der Waals surface area contributed by atoms with Gasteiger partial charge in [-0.05, 0) is 19.4 Å². The first-order valence-corrected chi connectivity index (χ1v) is 5.92. The highest BCUT2D eigenvalue weighted by Crippen LogP contribution is 2.04. The van der Waals surface area contributed by atoms with Gasteiger partial charge < -0.3 is 20.1 Å². The lowest BCUT2D eigenvalue weighted by molar-refractivity contribution is -0.139. The van der Waals surface area contributed by atoms with E-state index in [0.29, 0.717) is 0 Å². The largest absolute Gasteiger partial charge is 0.481 e. The van der Waals surface area contributed by atoms with Crippen molar-refractivity contribution in [1.29, 1.82) is 0 Å². The van der Waals surface area contributed by atoms with Crippen LogP contribution in [-0.2, 0) is 23.9 Å². The number of ether oxygens (including phenoxy) is 1. The van der Waals surface area contributed by atoms with E-state index in [-0.39, 0.29) is 30.6 Å². The van der Waals surface area contributed by atoms with Crippen LogP contribution in [0.25, 0.3) is 0 Å². The molecule has 0 spiro atoms. The molecule has 0 bridgehead atoms. The highest BCUT2D eigenvalue weighted by Gasteiger charge is 2.09. The molecule has 0 aliphatic carbocycles. The Hall–Kier alpha value is -2.90. The molecule has 0 amide bonds. The number of hydrogen-bond donors (Lipinski definition) is 3. The molecule has 0 radical (unpaired) electrons. The predicted octanol–water partition coefficient (Wildman–Crippen LogP) is 1.24. The van der Waals surface area contributed by atoms with Crippen LogP contribution in [-0.4, -0.2) is 45.8 Å². The van der Waals surface area contributed by atoms with Crippen LogP contribution in [0, 0.1) is 0 Å². The molecule has 0 aromatic rings. The molecule has 0 unspecified atom stereocenters. The van der Waals surface area contributed by atoms with Crippen LogP contribution in [0.5, 0.6) is 0 Å². The smallest absolute Gasteiger partial charge is 0.333 e. The molecule has 0 aliphatic rings. The van der Waals surface area contributed by atoms with E-state index >= 15 is 0 Å². The maximum Gasteiger partial charge on any atom is 0.333 e. The first kappa shape index (κ1) is 21.4. The third-order valence-corrected chi connectivity index (χ3v) is 1.87. The molecule has 0 fully saturated rings. The van der Waals surface area contributed by atoms with Gasteiger partial charge in [-0.3, -0.25) is 4.79 Å². The van der Waals surface area contributed by atoms with Crippen molar-refractivity contribution in [1.82, 2.24) is 0 Å². The Kier molecular flexibility index (Phi) is 11.6. The number of carboxylic acid groups (broad SMARTS) is 3. The fourth-order valence-electron chi connectivity index (χ4n) is 0.735. The second kappa shape index (κ2) is 11.9. The Labute approximate surface area is 127 Å². The van der Waals surface area contributed by atoms with Crippen molar-refractivity contribution in [3.8, 4) is 0 Å². The van der Waals surface area contributed by atoms with E-state index in [4.69, 9.17) is 15.3 Å². The lowest BCUT2D eigenvalue weighted by atomic mass is 10.2. The standard InChI is InChI=1S/C10H12O6.C4H6O2/c1-7(4-5-9(13)14)10(15)16-6-2-3-8(11)12;1-3(2)4(5)6/h2-3H,1,4-6H2,(H,11,12)(H,13,14);1H2,2H3,(H,5,6). The molecule has 0 saturated heterocycles. The van der Waals surface area contributed by atoms with Crippen molar-refractivity contribution in [2.75, 3.05) is 6.61 Å². The fraction of sp³-hybridized carbons (Fsp3) is 0.286. The van der Waals surface area contributed by atoms with Gasteiger partial charge in [0, 0.05) is 23.6 Å². The van der Waals surface area contributed by atoms with Crippen LogP contribution in [0.2, 0.25) is 0 Å². The normalized spacial score (nSPS) is 9.32. The first-order chi connectivity index (χ1) is 10.1. The molecule has 0 aliphatic heterocycles. The Morgan fingerprint density at radius 3 is 1.91 bits per heavy atom. The molecule has 122 valence electrons. The minimum atomic E-state index is -1.14. The van der Waals surface area contributed by atoms with Crippen LogP contribution < -0.4 is 0 Å². The number of carbonyl (C=O) groups is 4. The molecule has 0 saturated carbocycles. The van der Waals surface area contributed by atoms with E-state index in [1.54, 1.807) is 0 Å². The average molecular weight is 314 g/mol. The molecule has 0 rings (SSSR count). The van der Waals surface area contributed by atoms with Gasteiger partial charge >= 0.3 is 23.9 Å². The van der Waals surface area contributed by atoms with Gasteiger partial charge in [0.1, 0.15) is 6.61 Å². The van der Waals surface area contributed by atoms with Crippen LogP contribution in [0.1, 0.15) is 19.8 Å². The second-order valence-electron chi connectivity index (χ2n) is 3.92. The highest BCUT2D eigenvalue weighted by atomic mass is 16.5. The zero-order valence-electron chi connectivity index (χ0n) is 12.1. The van der Waals surface area contributed by atoms with Crippen molar-refractivity contribution in [2.24, 2.45) is 0 Å². The summed E-state index contributed by atoms with van der Waals surface area (Å²) in [5.41, 5.74) is 0.223. The third-order valence-electron chi connectivity index (χ3n) is 1.87. The van der Waals surface area contributed by atoms with Gasteiger partial charge in [0.05, 0.1) is 0 Å². The molecule has 8 nitrogen and oxygen atoms in total. The Balaban J connectivity index is 0.